The van der Waals surface area contributed by atoms with Crippen molar-refractivity contribution in [3.63, 3.8) is 0 Å². The largest absolute Gasteiger partial charge is 0.494 e. The second-order valence-corrected chi connectivity index (χ2v) is 6.26. The zero-order valence-electron chi connectivity index (χ0n) is 13.8. The van der Waals surface area contributed by atoms with E-state index in [2.05, 4.69) is 26.0 Å². The number of amides is 1. The van der Waals surface area contributed by atoms with Crippen molar-refractivity contribution in [2.75, 3.05) is 26.2 Å². The molecule has 22 heavy (non-hydrogen) atoms. The van der Waals surface area contributed by atoms with Gasteiger partial charge in [0.1, 0.15) is 5.75 Å². The van der Waals surface area contributed by atoms with Crippen molar-refractivity contribution in [1.29, 1.82) is 0 Å². The maximum atomic E-state index is 12.1. The molecule has 2 N–H and O–H groups in total. The monoisotopic (exact) mass is 304 g/mol. The third kappa shape index (κ3) is 4.73. The van der Waals surface area contributed by atoms with Gasteiger partial charge in [-0.15, -0.1) is 0 Å². The average Bonchev–Trinajstić information content (AvgIpc) is 2.54. The number of piperidine rings is 1. The molecule has 0 bridgehead atoms. The molecule has 0 aliphatic carbocycles. The van der Waals surface area contributed by atoms with Crippen LogP contribution in [0.1, 0.15) is 36.8 Å². The lowest BCUT2D eigenvalue weighted by molar-refractivity contribution is -0.132. The highest BCUT2D eigenvalue weighted by molar-refractivity contribution is 5.76. The van der Waals surface area contributed by atoms with E-state index in [9.17, 15) is 4.79 Å². The number of ether oxygens (including phenoxy) is 1. The molecule has 122 valence electrons. The van der Waals surface area contributed by atoms with Crippen molar-refractivity contribution in [3.8, 4) is 5.75 Å². The first kappa shape index (κ1) is 16.8. The summed E-state index contributed by atoms with van der Waals surface area (Å²) in [7, 11) is 0. The van der Waals surface area contributed by atoms with Gasteiger partial charge in [0, 0.05) is 19.5 Å². The molecule has 1 fully saturated rings. The quantitative estimate of drug-likeness (QED) is 0.822. The van der Waals surface area contributed by atoms with Gasteiger partial charge in [-0.25, -0.2) is 0 Å². The number of carbonyl (C=O) groups excluding carboxylic acids is 1. The lowest BCUT2D eigenvalue weighted by Crippen LogP contribution is -2.40. The summed E-state index contributed by atoms with van der Waals surface area (Å²) in [5.41, 5.74) is 8.18. The predicted octanol–water partition coefficient (Wildman–Crippen LogP) is 2.66. The summed E-state index contributed by atoms with van der Waals surface area (Å²) in [6, 6.07) is 6.11. The van der Waals surface area contributed by atoms with Gasteiger partial charge in [-0.1, -0.05) is 6.07 Å². The van der Waals surface area contributed by atoms with Crippen molar-refractivity contribution in [3.05, 3.63) is 29.3 Å². The van der Waals surface area contributed by atoms with Crippen molar-refractivity contribution < 1.29 is 9.53 Å². The fourth-order valence-electron chi connectivity index (χ4n) is 2.79. The average molecular weight is 304 g/mol. The van der Waals surface area contributed by atoms with E-state index in [1.807, 2.05) is 11.0 Å². The topological polar surface area (TPSA) is 55.6 Å². The van der Waals surface area contributed by atoms with Gasteiger partial charge in [0.2, 0.25) is 5.91 Å². The Balaban J connectivity index is 1.66. The summed E-state index contributed by atoms with van der Waals surface area (Å²) in [5.74, 6) is 1.73. The molecule has 4 nitrogen and oxygen atoms in total. The molecule has 0 spiro atoms. The lowest BCUT2D eigenvalue weighted by Gasteiger charge is -2.31. The summed E-state index contributed by atoms with van der Waals surface area (Å²) in [4.78, 5) is 14.1. The van der Waals surface area contributed by atoms with Crippen LogP contribution >= 0.6 is 0 Å². The number of hydrogen-bond acceptors (Lipinski definition) is 3. The second-order valence-electron chi connectivity index (χ2n) is 6.26. The van der Waals surface area contributed by atoms with Crippen molar-refractivity contribution in [1.82, 2.24) is 4.90 Å². The van der Waals surface area contributed by atoms with Gasteiger partial charge in [0.15, 0.2) is 0 Å². The number of benzene rings is 1. The normalized spacial score (nSPS) is 15.9. The third-order valence-corrected chi connectivity index (χ3v) is 4.58. The smallest absolute Gasteiger partial charge is 0.222 e. The van der Waals surface area contributed by atoms with E-state index < -0.39 is 0 Å². The van der Waals surface area contributed by atoms with E-state index in [4.69, 9.17) is 10.5 Å². The highest BCUT2D eigenvalue weighted by Crippen LogP contribution is 2.18. The minimum absolute atomic E-state index is 0.249. The molecule has 1 aromatic rings. The number of aryl methyl sites for hydroxylation is 2. The maximum absolute atomic E-state index is 12.1. The summed E-state index contributed by atoms with van der Waals surface area (Å²) >= 11 is 0. The molecule has 4 heteroatoms. The van der Waals surface area contributed by atoms with E-state index >= 15 is 0 Å². The van der Waals surface area contributed by atoms with Gasteiger partial charge >= 0.3 is 0 Å². The van der Waals surface area contributed by atoms with Gasteiger partial charge in [0.05, 0.1) is 6.61 Å². The van der Waals surface area contributed by atoms with E-state index in [0.29, 0.717) is 18.9 Å². The first-order chi connectivity index (χ1) is 10.6. The van der Waals surface area contributed by atoms with E-state index in [0.717, 1.165) is 44.6 Å². The lowest BCUT2D eigenvalue weighted by atomic mass is 9.97. The number of nitrogens with two attached hydrogens (primary N) is 1. The Bertz CT molecular complexity index is 494. The number of nitrogens with zero attached hydrogens (tertiary/aromatic N) is 1. The molecule has 0 saturated carbocycles. The Morgan fingerprint density at radius 3 is 2.64 bits per heavy atom. The Labute approximate surface area is 133 Å². The molecule has 1 saturated heterocycles. The SMILES string of the molecule is Cc1ccc(OCCCC(=O)N2CCC(CN)CC2)cc1C. The van der Waals surface area contributed by atoms with Gasteiger partial charge in [0.25, 0.3) is 0 Å². The minimum atomic E-state index is 0.249. The van der Waals surface area contributed by atoms with Gasteiger partial charge < -0.3 is 15.4 Å². The Kier molecular flexibility index (Phi) is 6.25. The van der Waals surface area contributed by atoms with Crippen LogP contribution in [0.5, 0.6) is 5.75 Å². The van der Waals surface area contributed by atoms with Crippen LogP contribution in [0.3, 0.4) is 0 Å². The zero-order valence-corrected chi connectivity index (χ0v) is 13.8. The van der Waals surface area contributed by atoms with Crippen LogP contribution in [0.2, 0.25) is 0 Å². The summed E-state index contributed by atoms with van der Waals surface area (Å²) < 4.78 is 5.73. The van der Waals surface area contributed by atoms with Gasteiger partial charge in [-0.2, -0.15) is 0 Å². The van der Waals surface area contributed by atoms with E-state index in [-0.39, 0.29) is 5.91 Å². The molecule has 2 rings (SSSR count). The van der Waals surface area contributed by atoms with Crippen LogP contribution in [-0.4, -0.2) is 37.0 Å². The Morgan fingerprint density at radius 1 is 1.27 bits per heavy atom. The maximum Gasteiger partial charge on any atom is 0.222 e. The molecule has 0 aromatic heterocycles. The fourth-order valence-corrected chi connectivity index (χ4v) is 2.79. The highest BCUT2D eigenvalue weighted by atomic mass is 16.5. The number of carbonyl (C=O) groups is 1. The van der Waals surface area contributed by atoms with Crippen molar-refractivity contribution in [2.24, 2.45) is 11.7 Å². The van der Waals surface area contributed by atoms with Crippen LogP contribution in [0, 0.1) is 19.8 Å². The molecule has 1 aliphatic rings. The van der Waals surface area contributed by atoms with Crippen LogP contribution in [-0.2, 0) is 4.79 Å². The van der Waals surface area contributed by atoms with Crippen molar-refractivity contribution >= 4 is 5.91 Å². The number of likely N-dealkylation sites (tertiary alicyclic amines) is 1. The number of hydrogen-bond donors (Lipinski definition) is 1. The molecular weight excluding hydrogens is 276 g/mol. The predicted molar refractivity (Wildman–Crippen MR) is 89.0 cm³/mol. The van der Waals surface area contributed by atoms with Crippen LogP contribution in [0.4, 0.5) is 0 Å². The summed E-state index contributed by atoms with van der Waals surface area (Å²) in [6.07, 6.45) is 3.42. The first-order valence-electron chi connectivity index (χ1n) is 8.28. The standard InChI is InChI=1S/C18H28N2O2/c1-14-5-6-17(12-15(14)2)22-11-3-4-18(21)20-9-7-16(13-19)8-10-20/h5-6,12,16H,3-4,7-11,13,19H2,1-2H3. The van der Waals surface area contributed by atoms with Crippen LogP contribution in [0.25, 0.3) is 0 Å². The third-order valence-electron chi connectivity index (χ3n) is 4.58. The molecule has 1 aliphatic heterocycles. The second kappa shape index (κ2) is 8.18. The van der Waals surface area contributed by atoms with Gasteiger partial charge in [-0.3, -0.25) is 4.79 Å². The molecular formula is C18H28N2O2. The highest BCUT2D eigenvalue weighted by Gasteiger charge is 2.21. The molecule has 0 atom stereocenters. The Hall–Kier alpha value is -1.55. The first-order valence-corrected chi connectivity index (χ1v) is 8.28. The molecule has 0 radical (unpaired) electrons. The molecule has 1 aromatic carbocycles. The molecule has 1 heterocycles. The van der Waals surface area contributed by atoms with E-state index in [1.54, 1.807) is 0 Å². The van der Waals surface area contributed by atoms with Gasteiger partial charge in [-0.05, 0) is 68.8 Å². The van der Waals surface area contributed by atoms with Crippen LogP contribution < -0.4 is 10.5 Å². The van der Waals surface area contributed by atoms with Crippen molar-refractivity contribution in [2.45, 2.75) is 39.5 Å². The minimum Gasteiger partial charge on any atom is -0.494 e. The van der Waals surface area contributed by atoms with Crippen LogP contribution in [0.15, 0.2) is 18.2 Å². The molecule has 0 unspecified atom stereocenters. The molecule has 1 amide bonds. The Morgan fingerprint density at radius 2 is 2.00 bits per heavy atom. The zero-order chi connectivity index (χ0) is 15.9. The number of rotatable bonds is 6. The summed E-state index contributed by atoms with van der Waals surface area (Å²) in [6.45, 7) is 7.22. The van der Waals surface area contributed by atoms with E-state index in [1.165, 1.54) is 11.1 Å². The fraction of sp³-hybridized carbons (Fsp3) is 0.611. The summed E-state index contributed by atoms with van der Waals surface area (Å²) in [5, 5.41) is 0.